The lowest BCUT2D eigenvalue weighted by Gasteiger charge is -2.28. The molecule has 5 heteroatoms. The minimum atomic E-state index is -0.933. The lowest BCUT2D eigenvalue weighted by atomic mass is 9.93. The van der Waals surface area contributed by atoms with Crippen molar-refractivity contribution in [2.75, 3.05) is 19.0 Å². The molecule has 1 N–H and O–H groups in total. The normalized spacial score (nSPS) is 13.2. The van der Waals surface area contributed by atoms with Crippen LogP contribution in [0.15, 0.2) is 18.2 Å². The van der Waals surface area contributed by atoms with Crippen molar-refractivity contribution >= 4 is 11.6 Å². The first-order chi connectivity index (χ1) is 11.4. The molecule has 24 heavy (non-hydrogen) atoms. The first-order valence-electron chi connectivity index (χ1n) is 8.39. The standard InChI is InChI=1S/C19H28N2O3/c1-6-7-10-24-16-8-9-17(15(11-16)13-20)21-18(22)19(4,23-5)12-14(2)3/h8-9,11,14H,6-7,10,12H2,1-5H3,(H,21,22). The van der Waals surface area contributed by atoms with Crippen molar-refractivity contribution in [3.8, 4) is 11.8 Å². The van der Waals surface area contributed by atoms with E-state index in [9.17, 15) is 10.1 Å². The fourth-order valence-corrected chi connectivity index (χ4v) is 2.45. The number of benzene rings is 1. The molecule has 0 saturated carbocycles. The number of amides is 1. The van der Waals surface area contributed by atoms with Gasteiger partial charge in [-0.3, -0.25) is 4.79 Å². The molecule has 0 radical (unpaired) electrons. The Labute approximate surface area is 145 Å². The van der Waals surface area contributed by atoms with Gasteiger partial charge in [0.1, 0.15) is 17.4 Å². The predicted molar refractivity (Wildman–Crippen MR) is 95.1 cm³/mol. The maximum absolute atomic E-state index is 12.6. The summed E-state index contributed by atoms with van der Waals surface area (Å²) >= 11 is 0. The fraction of sp³-hybridized carbons (Fsp3) is 0.579. The van der Waals surface area contributed by atoms with Crippen molar-refractivity contribution in [1.29, 1.82) is 5.26 Å². The molecule has 1 aromatic rings. The average molecular weight is 332 g/mol. The van der Waals surface area contributed by atoms with Crippen LogP contribution in [-0.2, 0) is 9.53 Å². The maximum atomic E-state index is 12.6. The van der Waals surface area contributed by atoms with E-state index < -0.39 is 5.60 Å². The summed E-state index contributed by atoms with van der Waals surface area (Å²) in [5, 5.41) is 12.2. The molecule has 0 saturated heterocycles. The third-order valence-electron chi connectivity index (χ3n) is 3.85. The molecule has 1 amide bonds. The van der Waals surface area contributed by atoms with Gasteiger partial charge in [-0.05, 0) is 43.9 Å². The maximum Gasteiger partial charge on any atom is 0.256 e. The van der Waals surface area contributed by atoms with Crippen LogP contribution in [0.5, 0.6) is 5.75 Å². The van der Waals surface area contributed by atoms with Gasteiger partial charge in [-0.1, -0.05) is 27.2 Å². The van der Waals surface area contributed by atoms with E-state index in [2.05, 4.69) is 18.3 Å². The van der Waals surface area contributed by atoms with E-state index in [1.165, 1.54) is 7.11 Å². The van der Waals surface area contributed by atoms with Gasteiger partial charge in [0.25, 0.3) is 5.91 Å². The van der Waals surface area contributed by atoms with Gasteiger partial charge >= 0.3 is 0 Å². The van der Waals surface area contributed by atoms with Crippen LogP contribution in [-0.4, -0.2) is 25.2 Å². The molecule has 1 rings (SSSR count). The summed E-state index contributed by atoms with van der Waals surface area (Å²) in [6.07, 6.45) is 2.60. The summed E-state index contributed by atoms with van der Waals surface area (Å²) in [5.74, 6) is 0.690. The number of carbonyl (C=O) groups excluding carboxylic acids is 1. The molecule has 5 nitrogen and oxygen atoms in total. The third-order valence-corrected chi connectivity index (χ3v) is 3.85. The Morgan fingerprint density at radius 2 is 2.12 bits per heavy atom. The summed E-state index contributed by atoms with van der Waals surface area (Å²) in [6, 6.07) is 7.22. The zero-order valence-corrected chi connectivity index (χ0v) is 15.3. The van der Waals surface area contributed by atoms with Crippen LogP contribution >= 0.6 is 0 Å². The molecule has 0 aromatic heterocycles. The number of carbonyl (C=O) groups is 1. The second-order valence-corrected chi connectivity index (χ2v) is 6.51. The Bertz CT molecular complexity index is 593. The molecular formula is C19H28N2O3. The summed E-state index contributed by atoms with van der Waals surface area (Å²) < 4.78 is 11.0. The van der Waals surface area contributed by atoms with Gasteiger partial charge in [-0.15, -0.1) is 0 Å². The van der Waals surface area contributed by atoms with Crippen LogP contribution in [0, 0.1) is 17.2 Å². The van der Waals surface area contributed by atoms with E-state index in [0.717, 1.165) is 12.8 Å². The van der Waals surface area contributed by atoms with Crippen molar-refractivity contribution in [3.05, 3.63) is 23.8 Å². The van der Waals surface area contributed by atoms with Crippen molar-refractivity contribution < 1.29 is 14.3 Å². The quantitative estimate of drug-likeness (QED) is 0.690. The van der Waals surface area contributed by atoms with E-state index in [0.29, 0.717) is 35.9 Å². The van der Waals surface area contributed by atoms with E-state index in [4.69, 9.17) is 9.47 Å². The SMILES string of the molecule is CCCCOc1ccc(NC(=O)C(C)(CC(C)C)OC)c(C#N)c1. The van der Waals surface area contributed by atoms with Gasteiger partial charge in [0, 0.05) is 7.11 Å². The smallest absolute Gasteiger partial charge is 0.256 e. The van der Waals surface area contributed by atoms with Gasteiger partial charge in [-0.25, -0.2) is 0 Å². The number of methoxy groups -OCH3 is 1. The zero-order chi connectivity index (χ0) is 18.2. The molecule has 1 unspecified atom stereocenters. The lowest BCUT2D eigenvalue weighted by molar-refractivity contribution is -0.137. The van der Waals surface area contributed by atoms with E-state index in [1.54, 1.807) is 25.1 Å². The van der Waals surface area contributed by atoms with Crippen LogP contribution < -0.4 is 10.1 Å². The third kappa shape index (κ3) is 5.54. The Kier molecular flexibility index (Phi) is 7.73. The van der Waals surface area contributed by atoms with Crippen molar-refractivity contribution in [3.63, 3.8) is 0 Å². The fourth-order valence-electron chi connectivity index (χ4n) is 2.45. The molecule has 1 aromatic carbocycles. The number of unbranched alkanes of at least 4 members (excludes halogenated alkanes) is 1. The lowest BCUT2D eigenvalue weighted by Crippen LogP contribution is -2.43. The largest absolute Gasteiger partial charge is 0.494 e. The zero-order valence-electron chi connectivity index (χ0n) is 15.3. The topological polar surface area (TPSA) is 71.3 Å². The van der Waals surface area contributed by atoms with Gasteiger partial charge in [0.15, 0.2) is 0 Å². The number of nitrogens with zero attached hydrogens (tertiary/aromatic N) is 1. The second-order valence-electron chi connectivity index (χ2n) is 6.51. The highest BCUT2D eigenvalue weighted by Gasteiger charge is 2.34. The van der Waals surface area contributed by atoms with Crippen molar-refractivity contribution in [2.24, 2.45) is 5.92 Å². The summed E-state index contributed by atoms with van der Waals surface area (Å²) in [6.45, 7) is 8.54. The van der Waals surface area contributed by atoms with Gasteiger partial charge in [0.2, 0.25) is 0 Å². The molecule has 0 aliphatic carbocycles. The van der Waals surface area contributed by atoms with Crippen LogP contribution in [0.2, 0.25) is 0 Å². The highest BCUT2D eigenvalue weighted by Crippen LogP contribution is 2.26. The number of hydrogen-bond donors (Lipinski definition) is 1. The Morgan fingerprint density at radius 3 is 2.67 bits per heavy atom. The molecule has 0 aliphatic heterocycles. The van der Waals surface area contributed by atoms with Gasteiger partial charge < -0.3 is 14.8 Å². The van der Waals surface area contributed by atoms with E-state index >= 15 is 0 Å². The number of nitriles is 1. The Hall–Kier alpha value is -2.06. The molecule has 0 heterocycles. The molecule has 0 bridgehead atoms. The van der Waals surface area contributed by atoms with E-state index in [1.807, 2.05) is 13.8 Å². The van der Waals surface area contributed by atoms with Gasteiger partial charge in [0.05, 0.1) is 17.9 Å². The Morgan fingerprint density at radius 1 is 1.42 bits per heavy atom. The van der Waals surface area contributed by atoms with E-state index in [-0.39, 0.29) is 5.91 Å². The van der Waals surface area contributed by atoms with Crippen molar-refractivity contribution in [1.82, 2.24) is 0 Å². The number of ether oxygens (including phenoxy) is 2. The molecule has 0 spiro atoms. The molecule has 132 valence electrons. The summed E-state index contributed by atoms with van der Waals surface area (Å²) in [5.41, 5.74) is -0.0882. The molecule has 0 aliphatic rings. The summed E-state index contributed by atoms with van der Waals surface area (Å²) in [4.78, 5) is 12.6. The van der Waals surface area contributed by atoms with Crippen LogP contribution in [0.4, 0.5) is 5.69 Å². The first-order valence-corrected chi connectivity index (χ1v) is 8.39. The minimum absolute atomic E-state index is 0.255. The van der Waals surface area contributed by atoms with Gasteiger partial charge in [-0.2, -0.15) is 5.26 Å². The van der Waals surface area contributed by atoms with Crippen molar-refractivity contribution in [2.45, 2.75) is 52.6 Å². The monoisotopic (exact) mass is 332 g/mol. The highest BCUT2D eigenvalue weighted by atomic mass is 16.5. The molecular weight excluding hydrogens is 304 g/mol. The average Bonchev–Trinajstić information content (AvgIpc) is 2.55. The predicted octanol–water partition coefficient (Wildman–Crippen LogP) is 4.13. The number of rotatable bonds is 9. The Balaban J connectivity index is 2.90. The first kappa shape index (κ1) is 20.0. The van der Waals surface area contributed by atoms with Crippen LogP contribution in [0.25, 0.3) is 0 Å². The summed E-state index contributed by atoms with van der Waals surface area (Å²) in [7, 11) is 1.53. The van der Waals surface area contributed by atoms with Crippen LogP contribution in [0.1, 0.15) is 52.5 Å². The molecule has 1 atom stereocenters. The highest BCUT2D eigenvalue weighted by molar-refractivity contribution is 5.98. The second kappa shape index (κ2) is 9.29. The minimum Gasteiger partial charge on any atom is -0.494 e. The number of nitrogens with one attached hydrogen (secondary N) is 1. The van der Waals surface area contributed by atoms with Crippen LogP contribution in [0.3, 0.4) is 0 Å². The number of hydrogen-bond acceptors (Lipinski definition) is 4. The number of anilines is 1. The molecule has 0 fully saturated rings.